The molecule has 0 nitrogen and oxygen atoms in total. The third-order valence-corrected chi connectivity index (χ3v) is 6.14. The molecule has 0 heteroatoms. The molecule has 0 radical (unpaired) electrons. The van der Waals surface area contributed by atoms with Crippen molar-refractivity contribution < 1.29 is 0 Å². The Morgan fingerprint density at radius 2 is 1.17 bits per heavy atom. The van der Waals surface area contributed by atoms with Crippen LogP contribution in [0.2, 0.25) is 0 Å². The van der Waals surface area contributed by atoms with Crippen LogP contribution in [0.15, 0.2) is 0 Å². The van der Waals surface area contributed by atoms with E-state index in [4.69, 9.17) is 0 Å². The van der Waals surface area contributed by atoms with Gasteiger partial charge in [-0.1, -0.05) is 75.7 Å². The third-order valence-electron chi connectivity index (χ3n) is 6.14. The van der Waals surface area contributed by atoms with Gasteiger partial charge in [-0.2, -0.15) is 0 Å². The smallest absolute Gasteiger partial charge is 0.0298 e. The minimum atomic E-state index is 0.426. The average Bonchev–Trinajstić information content (AvgIpc) is 2.26. The highest BCUT2D eigenvalue weighted by molar-refractivity contribution is 4.87. The maximum atomic E-state index is 2.48. The lowest BCUT2D eigenvalue weighted by Crippen LogP contribution is -2.38. The van der Waals surface area contributed by atoms with E-state index in [1.165, 1.54) is 6.42 Å². The lowest BCUT2D eigenvalue weighted by Gasteiger charge is -2.45. The summed E-state index contributed by atoms with van der Waals surface area (Å²) in [6.07, 6.45) is 1.31. The van der Waals surface area contributed by atoms with Crippen molar-refractivity contribution in [2.45, 2.75) is 75.7 Å². The van der Waals surface area contributed by atoms with E-state index >= 15 is 0 Å². The number of rotatable bonds is 7. The highest BCUT2D eigenvalue weighted by Gasteiger charge is 2.38. The van der Waals surface area contributed by atoms with Gasteiger partial charge in [-0.25, -0.2) is 0 Å². The van der Waals surface area contributed by atoms with Gasteiger partial charge in [0.1, 0.15) is 0 Å². The second-order valence-corrected chi connectivity index (χ2v) is 7.82. The largest absolute Gasteiger partial charge is 0.0651 e. The van der Waals surface area contributed by atoms with Crippen LogP contribution in [0.5, 0.6) is 0 Å². The fourth-order valence-electron chi connectivity index (χ4n) is 3.77. The summed E-state index contributed by atoms with van der Waals surface area (Å²) in [5.74, 6) is 4.80. The quantitative estimate of drug-likeness (QED) is 0.503. The standard InChI is InChI=1S/C18H38/c1-11-17(13(4)5)14(6)16(8)18(9,10)15(7)12(2)3/h12-17H,11H2,1-10H3. The molecule has 0 aromatic carbocycles. The molecule has 0 heterocycles. The van der Waals surface area contributed by atoms with Crippen LogP contribution < -0.4 is 0 Å². The van der Waals surface area contributed by atoms with Gasteiger partial charge in [0.15, 0.2) is 0 Å². The van der Waals surface area contributed by atoms with Crippen molar-refractivity contribution in [3.05, 3.63) is 0 Å². The van der Waals surface area contributed by atoms with Crippen LogP contribution >= 0.6 is 0 Å². The lowest BCUT2D eigenvalue weighted by atomic mass is 9.60. The molecule has 18 heavy (non-hydrogen) atoms. The Labute approximate surface area is 117 Å². The highest BCUT2D eigenvalue weighted by Crippen LogP contribution is 2.45. The molecule has 0 fully saturated rings. The molecule has 0 rings (SSSR count). The van der Waals surface area contributed by atoms with Gasteiger partial charge in [-0.3, -0.25) is 0 Å². The molecule has 0 N–H and O–H groups in total. The van der Waals surface area contributed by atoms with Crippen molar-refractivity contribution in [2.24, 2.45) is 40.9 Å². The molecule has 110 valence electrons. The van der Waals surface area contributed by atoms with E-state index in [1.807, 2.05) is 0 Å². The summed E-state index contributed by atoms with van der Waals surface area (Å²) in [5.41, 5.74) is 0.426. The molecule has 0 aromatic heterocycles. The Hall–Kier alpha value is 0. The number of hydrogen-bond acceptors (Lipinski definition) is 0. The highest BCUT2D eigenvalue weighted by atomic mass is 14.4. The monoisotopic (exact) mass is 254 g/mol. The van der Waals surface area contributed by atoms with E-state index in [-0.39, 0.29) is 0 Å². The van der Waals surface area contributed by atoms with Crippen LogP contribution in [0.3, 0.4) is 0 Å². The van der Waals surface area contributed by atoms with Crippen molar-refractivity contribution >= 4 is 0 Å². The second kappa shape index (κ2) is 6.96. The zero-order valence-corrected chi connectivity index (χ0v) is 14.7. The lowest BCUT2D eigenvalue weighted by molar-refractivity contribution is 0.0361. The average molecular weight is 255 g/mol. The third kappa shape index (κ3) is 4.00. The Kier molecular flexibility index (Phi) is 6.96. The molecular weight excluding hydrogens is 216 g/mol. The van der Waals surface area contributed by atoms with Gasteiger partial charge in [-0.15, -0.1) is 0 Å². The van der Waals surface area contributed by atoms with Gasteiger partial charge in [0.25, 0.3) is 0 Å². The minimum Gasteiger partial charge on any atom is -0.0651 e. The molecule has 4 atom stereocenters. The Balaban J connectivity index is 4.96. The van der Waals surface area contributed by atoms with E-state index in [1.54, 1.807) is 0 Å². The summed E-state index contributed by atoms with van der Waals surface area (Å²) in [6.45, 7) is 24.2. The topological polar surface area (TPSA) is 0 Å². The van der Waals surface area contributed by atoms with Gasteiger partial charge in [0, 0.05) is 0 Å². The van der Waals surface area contributed by atoms with Gasteiger partial charge in [0.2, 0.25) is 0 Å². The predicted octanol–water partition coefficient (Wildman–Crippen LogP) is 6.26. The summed E-state index contributed by atoms with van der Waals surface area (Å²) in [6, 6.07) is 0. The van der Waals surface area contributed by atoms with Gasteiger partial charge in [0.05, 0.1) is 0 Å². The van der Waals surface area contributed by atoms with E-state index in [9.17, 15) is 0 Å². The van der Waals surface area contributed by atoms with Crippen molar-refractivity contribution in [1.82, 2.24) is 0 Å². The zero-order valence-electron chi connectivity index (χ0n) is 14.7. The Bertz CT molecular complexity index is 224. The molecule has 0 saturated heterocycles. The predicted molar refractivity (Wildman–Crippen MR) is 84.7 cm³/mol. The van der Waals surface area contributed by atoms with Crippen LogP contribution in [-0.4, -0.2) is 0 Å². The molecule has 0 aliphatic carbocycles. The Morgan fingerprint density at radius 3 is 1.44 bits per heavy atom. The zero-order chi connectivity index (χ0) is 14.7. The minimum absolute atomic E-state index is 0.426. The molecule has 0 aliphatic rings. The van der Waals surface area contributed by atoms with E-state index < -0.39 is 0 Å². The molecule has 0 aliphatic heterocycles. The summed E-state index contributed by atoms with van der Waals surface area (Å²) < 4.78 is 0. The molecule has 0 spiro atoms. The summed E-state index contributed by atoms with van der Waals surface area (Å²) in [4.78, 5) is 0. The van der Waals surface area contributed by atoms with Crippen molar-refractivity contribution in [1.29, 1.82) is 0 Å². The molecule has 0 aromatic rings. The first-order valence-electron chi connectivity index (χ1n) is 8.07. The maximum Gasteiger partial charge on any atom is -0.0298 e. The van der Waals surface area contributed by atoms with Crippen molar-refractivity contribution in [3.63, 3.8) is 0 Å². The van der Waals surface area contributed by atoms with Crippen molar-refractivity contribution in [2.75, 3.05) is 0 Å². The first-order chi connectivity index (χ1) is 8.07. The fourth-order valence-corrected chi connectivity index (χ4v) is 3.77. The van der Waals surface area contributed by atoms with E-state index in [0.29, 0.717) is 5.41 Å². The summed E-state index contributed by atoms with van der Waals surface area (Å²) in [7, 11) is 0. The first-order valence-corrected chi connectivity index (χ1v) is 8.07. The first kappa shape index (κ1) is 18.0. The molecule has 4 unspecified atom stereocenters. The van der Waals surface area contributed by atoms with Crippen LogP contribution in [0, 0.1) is 40.9 Å². The molecule has 0 saturated carbocycles. The molecule has 0 bridgehead atoms. The van der Waals surface area contributed by atoms with Crippen LogP contribution in [0.1, 0.15) is 75.7 Å². The number of hydrogen-bond donors (Lipinski definition) is 0. The maximum absolute atomic E-state index is 2.48. The Morgan fingerprint density at radius 1 is 0.722 bits per heavy atom. The normalized spacial score (nSPS) is 20.0. The fraction of sp³-hybridized carbons (Fsp3) is 1.00. The molecule has 0 amide bonds. The van der Waals surface area contributed by atoms with Gasteiger partial charge >= 0.3 is 0 Å². The summed E-state index contributed by atoms with van der Waals surface area (Å²) in [5, 5.41) is 0. The van der Waals surface area contributed by atoms with Crippen LogP contribution in [0.4, 0.5) is 0 Å². The van der Waals surface area contributed by atoms with E-state index in [0.717, 1.165) is 35.5 Å². The van der Waals surface area contributed by atoms with Crippen molar-refractivity contribution in [3.8, 4) is 0 Å². The van der Waals surface area contributed by atoms with Gasteiger partial charge < -0.3 is 0 Å². The van der Waals surface area contributed by atoms with Crippen LogP contribution in [0.25, 0.3) is 0 Å². The molecular formula is C18H38. The SMILES string of the molecule is CCC(C(C)C)C(C)C(C)C(C)(C)C(C)C(C)C. The van der Waals surface area contributed by atoms with E-state index in [2.05, 4.69) is 69.2 Å². The summed E-state index contributed by atoms with van der Waals surface area (Å²) >= 11 is 0. The second-order valence-electron chi connectivity index (χ2n) is 7.82. The van der Waals surface area contributed by atoms with Gasteiger partial charge in [-0.05, 0) is 40.9 Å². The van der Waals surface area contributed by atoms with Crippen LogP contribution in [-0.2, 0) is 0 Å².